The van der Waals surface area contributed by atoms with E-state index in [1.807, 2.05) is 0 Å². The van der Waals surface area contributed by atoms with E-state index >= 15 is 0 Å². The quantitative estimate of drug-likeness (QED) is 0.733. The molecule has 1 heterocycles. The fourth-order valence-corrected chi connectivity index (χ4v) is 3.59. The standard InChI is InChI=1S/C22H21F3N4O3/c1-13(30)27-16-7-4-14(5-8-16)19-11-21(2,32-29(19)3)20(31)28-17-9-6-15(12-26)18(10-17)22(23,24)25/h4-10,19H,11H2,1-3H3,(H,27,30)(H,28,31). The SMILES string of the molecule is CC(=O)Nc1ccc(C2CC(C)(C(=O)Nc3ccc(C#N)c(C(F)(F)F)c3)ON2C)cc1. The Bertz CT molecular complexity index is 1080. The number of alkyl halides is 3. The zero-order valence-electron chi connectivity index (χ0n) is 17.6. The fraction of sp³-hybridized carbons (Fsp3) is 0.318. The van der Waals surface area contributed by atoms with Gasteiger partial charge in [-0.2, -0.15) is 23.5 Å². The van der Waals surface area contributed by atoms with Crippen molar-refractivity contribution >= 4 is 23.2 Å². The molecule has 2 N–H and O–H groups in total. The minimum Gasteiger partial charge on any atom is -0.326 e. The number of hydrogen-bond donors (Lipinski definition) is 2. The van der Waals surface area contributed by atoms with Crippen molar-refractivity contribution in [2.45, 2.75) is 38.1 Å². The first-order valence-electron chi connectivity index (χ1n) is 9.65. The molecule has 0 bridgehead atoms. The predicted octanol–water partition coefficient (Wildman–Crippen LogP) is 4.24. The van der Waals surface area contributed by atoms with Crippen LogP contribution < -0.4 is 10.6 Å². The predicted molar refractivity (Wildman–Crippen MR) is 110 cm³/mol. The second-order valence-electron chi connectivity index (χ2n) is 7.72. The maximum atomic E-state index is 13.2. The summed E-state index contributed by atoms with van der Waals surface area (Å²) >= 11 is 0. The van der Waals surface area contributed by atoms with Gasteiger partial charge < -0.3 is 10.6 Å². The third kappa shape index (κ3) is 4.90. The first-order valence-corrected chi connectivity index (χ1v) is 9.65. The van der Waals surface area contributed by atoms with E-state index in [-0.39, 0.29) is 24.1 Å². The Hall–Kier alpha value is -3.42. The minimum absolute atomic E-state index is 0.0862. The normalized spacial score (nSPS) is 21.1. The van der Waals surface area contributed by atoms with Gasteiger partial charge in [-0.15, -0.1) is 0 Å². The Labute approximate surface area is 182 Å². The minimum atomic E-state index is -4.73. The number of nitrogens with zero attached hydrogens (tertiary/aromatic N) is 2. The van der Waals surface area contributed by atoms with Crippen molar-refractivity contribution in [3.05, 3.63) is 59.2 Å². The lowest BCUT2D eigenvalue weighted by Crippen LogP contribution is -2.40. The Kier molecular flexibility index (Phi) is 6.25. The van der Waals surface area contributed by atoms with Crippen LogP contribution in [0.5, 0.6) is 0 Å². The van der Waals surface area contributed by atoms with Crippen LogP contribution in [0, 0.1) is 11.3 Å². The van der Waals surface area contributed by atoms with Gasteiger partial charge in [-0.1, -0.05) is 12.1 Å². The van der Waals surface area contributed by atoms with Crippen molar-refractivity contribution < 1.29 is 27.6 Å². The number of nitriles is 1. The van der Waals surface area contributed by atoms with Crippen LogP contribution in [0.1, 0.15) is 43.0 Å². The lowest BCUT2D eigenvalue weighted by atomic mass is 9.93. The molecule has 1 aliphatic heterocycles. The largest absolute Gasteiger partial charge is 0.417 e. The molecule has 0 radical (unpaired) electrons. The molecular formula is C22H21F3N4O3. The molecular weight excluding hydrogens is 425 g/mol. The molecule has 7 nitrogen and oxygen atoms in total. The molecule has 2 atom stereocenters. The Balaban J connectivity index is 1.77. The van der Waals surface area contributed by atoms with Crippen LogP contribution in [-0.2, 0) is 20.6 Å². The third-order valence-electron chi connectivity index (χ3n) is 5.17. The van der Waals surface area contributed by atoms with E-state index in [0.717, 1.165) is 17.7 Å². The van der Waals surface area contributed by atoms with Gasteiger partial charge in [0.15, 0.2) is 5.60 Å². The van der Waals surface area contributed by atoms with Gasteiger partial charge in [-0.05, 0) is 42.8 Å². The smallest absolute Gasteiger partial charge is 0.326 e. The summed E-state index contributed by atoms with van der Waals surface area (Å²) in [4.78, 5) is 29.8. The summed E-state index contributed by atoms with van der Waals surface area (Å²) < 4.78 is 39.6. The second-order valence-corrected chi connectivity index (χ2v) is 7.72. The Morgan fingerprint density at radius 3 is 2.34 bits per heavy atom. The molecule has 1 saturated heterocycles. The van der Waals surface area contributed by atoms with Gasteiger partial charge in [0.1, 0.15) is 0 Å². The number of hydrogen-bond acceptors (Lipinski definition) is 5. The number of benzene rings is 2. The summed E-state index contributed by atoms with van der Waals surface area (Å²) in [5.74, 6) is -0.806. The summed E-state index contributed by atoms with van der Waals surface area (Å²) in [6, 6.07) is 11.3. The molecule has 2 aromatic carbocycles. The zero-order valence-corrected chi connectivity index (χ0v) is 17.6. The third-order valence-corrected chi connectivity index (χ3v) is 5.17. The number of anilines is 2. The first-order chi connectivity index (χ1) is 14.9. The summed E-state index contributed by atoms with van der Waals surface area (Å²) in [6.45, 7) is 2.96. The van der Waals surface area contributed by atoms with Crippen molar-refractivity contribution in [2.24, 2.45) is 0 Å². The maximum absolute atomic E-state index is 13.2. The van der Waals surface area contributed by atoms with Crippen molar-refractivity contribution in [3.63, 3.8) is 0 Å². The van der Waals surface area contributed by atoms with E-state index < -0.39 is 28.8 Å². The van der Waals surface area contributed by atoms with E-state index in [4.69, 9.17) is 10.1 Å². The number of nitrogens with one attached hydrogen (secondary N) is 2. The van der Waals surface area contributed by atoms with Gasteiger partial charge in [0.05, 0.1) is 23.2 Å². The molecule has 1 fully saturated rings. The van der Waals surface area contributed by atoms with Crippen molar-refractivity contribution in [1.82, 2.24) is 5.06 Å². The van der Waals surface area contributed by atoms with Crippen LogP contribution in [0.25, 0.3) is 0 Å². The molecule has 0 spiro atoms. The number of hydroxylamine groups is 2. The average Bonchev–Trinajstić information content (AvgIpc) is 3.03. The molecule has 32 heavy (non-hydrogen) atoms. The molecule has 0 saturated carbocycles. The molecule has 0 aromatic heterocycles. The number of rotatable bonds is 4. The van der Waals surface area contributed by atoms with Gasteiger partial charge in [-0.25, -0.2) is 0 Å². The number of amides is 2. The van der Waals surface area contributed by atoms with Crippen molar-refractivity contribution in [3.8, 4) is 6.07 Å². The van der Waals surface area contributed by atoms with E-state index in [0.29, 0.717) is 5.69 Å². The van der Waals surface area contributed by atoms with Crippen LogP contribution >= 0.6 is 0 Å². The van der Waals surface area contributed by atoms with Crippen LogP contribution in [0.4, 0.5) is 24.5 Å². The second kappa shape index (κ2) is 8.61. The lowest BCUT2D eigenvalue weighted by molar-refractivity contribution is -0.188. The highest BCUT2D eigenvalue weighted by Gasteiger charge is 2.47. The van der Waals surface area contributed by atoms with E-state index in [1.54, 1.807) is 38.2 Å². The van der Waals surface area contributed by atoms with Gasteiger partial charge in [0, 0.05) is 31.8 Å². The van der Waals surface area contributed by atoms with Crippen LogP contribution in [0.3, 0.4) is 0 Å². The zero-order chi connectivity index (χ0) is 23.7. The maximum Gasteiger partial charge on any atom is 0.417 e. The molecule has 2 aromatic rings. The molecule has 2 amide bonds. The molecule has 0 aliphatic carbocycles. The topological polar surface area (TPSA) is 94.5 Å². The average molecular weight is 446 g/mol. The van der Waals surface area contributed by atoms with Crippen LogP contribution in [0.15, 0.2) is 42.5 Å². The van der Waals surface area contributed by atoms with Gasteiger partial charge in [0.2, 0.25) is 5.91 Å². The molecule has 10 heteroatoms. The van der Waals surface area contributed by atoms with Crippen LogP contribution in [-0.4, -0.2) is 29.5 Å². The highest BCUT2D eigenvalue weighted by atomic mass is 19.4. The monoisotopic (exact) mass is 446 g/mol. The number of halogens is 3. The summed E-state index contributed by atoms with van der Waals surface area (Å²) in [5.41, 5.74) is -1.59. The molecule has 168 valence electrons. The van der Waals surface area contributed by atoms with Gasteiger partial charge in [-0.3, -0.25) is 14.4 Å². The van der Waals surface area contributed by atoms with Gasteiger partial charge >= 0.3 is 6.18 Å². The highest BCUT2D eigenvalue weighted by Crippen LogP contribution is 2.40. The highest BCUT2D eigenvalue weighted by molar-refractivity contribution is 5.97. The molecule has 2 unspecified atom stereocenters. The van der Waals surface area contributed by atoms with Crippen molar-refractivity contribution in [2.75, 3.05) is 17.7 Å². The van der Waals surface area contributed by atoms with Crippen LogP contribution in [0.2, 0.25) is 0 Å². The van der Waals surface area contributed by atoms with E-state index in [9.17, 15) is 22.8 Å². The Morgan fingerprint density at radius 2 is 1.78 bits per heavy atom. The van der Waals surface area contributed by atoms with Gasteiger partial charge in [0.25, 0.3) is 5.91 Å². The molecule has 1 aliphatic rings. The van der Waals surface area contributed by atoms with Crippen molar-refractivity contribution in [1.29, 1.82) is 5.26 Å². The Morgan fingerprint density at radius 1 is 1.16 bits per heavy atom. The summed E-state index contributed by atoms with van der Waals surface area (Å²) in [6.07, 6.45) is -4.48. The summed E-state index contributed by atoms with van der Waals surface area (Å²) in [5, 5.41) is 15.6. The van der Waals surface area contributed by atoms with E-state index in [1.165, 1.54) is 24.1 Å². The fourth-order valence-electron chi connectivity index (χ4n) is 3.59. The summed E-state index contributed by atoms with van der Waals surface area (Å²) in [7, 11) is 1.66. The number of carbonyl (C=O) groups is 2. The molecule has 3 rings (SSSR count). The number of carbonyl (C=O) groups excluding carboxylic acids is 2. The van der Waals surface area contributed by atoms with E-state index in [2.05, 4.69) is 10.6 Å². The first kappa shape index (κ1) is 23.2. The lowest BCUT2D eigenvalue weighted by Gasteiger charge is -2.22.